The number of guanidine groups is 1. The fraction of sp³-hybridized carbons (Fsp3) is 0.619. The van der Waals surface area contributed by atoms with Crippen molar-refractivity contribution in [1.29, 1.82) is 0 Å². The molecule has 0 amide bonds. The van der Waals surface area contributed by atoms with E-state index in [0.29, 0.717) is 19.7 Å². The van der Waals surface area contributed by atoms with E-state index in [1.165, 1.54) is 18.2 Å². The number of hydrogen-bond donors (Lipinski definition) is 1. The molecular weight excluding hydrogens is 469 g/mol. The number of ether oxygens (including phenoxy) is 2. The van der Waals surface area contributed by atoms with Crippen LogP contribution in [-0.4, -0.2) is 50.2 Å². The van der Waals surface area contributed by atoms with Crippen LogP contribution in [-0.2, 0) is 27.4 Å². The number of likely N-dealkylation sites (tertiary alicyclic amines) is 1. The van der Waals surface area contributed by atoms with Crippen LogP contribution in [0.3, 0.4) is 0 Å². The van der Waals surface area contributed by atoms with Crippen molar-refractivity contribution in [3.8, 4) is 0 Å². The highest BCUT2D eigenvalue weighted by Crippen LogP contribution is 2.24. The van der Waals surface area contributed by atoms with Gasteiger partial charge < -0.3 is 19.7 Å². The first kappa shape index (κ1) is 24.7. The molecule has 2 rings (SSSR count). The van der Waals surface area contributed by atoms with Gasteiger partial charge in [-0.25, -0.2) is 4.99 Å². The maximum Gasteiger partial charge on any atom is 0.310 e. The Balaban J connectivity index is 0.00000392. The molecule has 0 aliphatic carbocycles. The molecule has 6 nitrogen and oxygen atoms in total. The number of halogens is 1. The highest BCUT2D eigenvalue weighted by molar-refractivity contribution is 14.0. The van der Waals surface area contributed by atoms with E-state index < -0.39 is 0 Å². The number of hydrogen-bond acceptors (Lipinski definition) is 4. The number of rotatable bonds is 8. The third-order valence-electron chi connectivity index (χ3n) is 4.87. The van der Waals surface area contributed by atoms with Crippen LogP contribution in [0.25, 0.3) is 0 Å². The van der Waals surface area contributed by atoms with Gasteiger partial charge in [-0.15, -0.1) is 24.0 Å². The number of nitrogens with one attached hydrogen (secondary N) is 1. The van der Waals surface area contributed by atoms with Crippen LogP contribution in [0.15, 0.2) is 29.3 Å². The first-order valence-corrected chi connectivity index (χ1v) is 9.86. The summed E-state index contributed by atoms with van der Waals surface area (Å²) in [4.78, 5) is 19.0. The Hall–Kier alpha value is -1.35. The van der Waals surface area contributed by atoms with E-state index in [2.05, 4.69) is 43.1 Å². The molecule has 28 heavy (non-hydrogen) atoms. The average Bonchev–Trinajstić information content (AvgIpc) is 3.07. The van der Waals surface area contributed by atoms with Crippen molar-refractivity contribution in [1.82, 2.24) is 10.2 Å². The Morgan fingerprint density at radius 3 is 2.61 bits per heavy atom. The Labute approximate surface area is 186 Å². The minimum atomic E-state index is -0.140. The Morgan fingerprint density at radius 2 is 1.96 bits per heavy atom. The Morgan fingerprint density at radius 1 is 1.25 bits per heavy atom. The predicted molar refractivity (Wildman–Crippen MR) is 123 cm³/mol. The summed E-state index contributed by atoms with van der Waals surface area (Å²) >= 11 is 0. The summed E-state index contributed by atoms with van der Waals surface area (Å²) in [6.07, 6.45) is 1.01. The van der Waals surface area contributed by atoms with E-state index in [1.54, 1.807) is 0 Å². The van der Waals surface area contributed by atoms with Gasteiger partial charge in [0, 0.05) is 26.2 Å². The van der Waals surface area contributed by atoms with Crippen LogP contribution in [0.2, 0.25) is 0 Å². The summed E-state index contributed by atoms with van der Waals surface area (Å²) in [5.41, 5.74) is 2.34. The van der Waals surface area contributed by atoms with Gasteiger partial charge in [0.1, 0.15) is 0 Å². The minimum Gasteiger partial charge on any atom is -0.469 e. The lowest BCUT2D eigenvalue weighted by atomic mass is 9.99. The van der Waals surface area contributed by atoms with E-state index in [0.717, 1.165) is 32.1 Å². The van der Waals surface area contributed by atoms with E-state index in [4.69, 9.17) is 14.5 Å². The van der Waals surface area contributed by atoms with Gasteiger partial charge in [0.05, 0.1) is 26.2 Å². The summed E-state index contributed by atoms with van der Waals surface area (Å²) in [6.45, 7) is 10.4. The summed E-state index contributed by atoms with van der Waals surface area (Å²) in [5.74, 6) is 0.851. The molecule has 0 bridgehead atoms. The maximum atomic E-state index is 12.0. The van der Waals surface area contributed by atoms with Gasteiger partial charge in [-0.3, -0.25) is 4.79 Å². The molecule has 0 aromatic heterocycles. The molecule has 0 spiro atoms. The zero-order valence-electron chi connectivity index (χ0n) is 17.4. The van der Waals surface area contributed by atoms with Crippen molar-refractivity contribution in [2.45, 2.75) is 40.3 Å². The van der Waals surface area contributed by atoms with Crippen molar-refractivity contribution in [2.24, 2.45) is 16.8 Å². The number of methoxy groups -OCH3 is 1. The largest absolute Gasteiger partial charge is 0.469 e. The van der Waals surface area contributed by atoms with Gasteiger partial charge >= 0.3 is 5.97 Å². The van der Waals surface area contributed by atoms with Crippen LogP contribution >= 0.6 is 24.0 Å². The van der Waals surface area contributed by atoms with Crippen LogP contribution in [0, 0.1) is 11.8 Å². The molecule has 1 aliphatic heterocycles. The Bertz CT molecular complexity index is 639. The number of esters is 1. The normalized spacial score (nSPS) is 19.3. The van der Waals surface area contributed by atoms with Crippen molar-refractivity contribution < 1.29 is 14.3 Å². The van der Waals surface area contributed by atoms with Gasteiger partial charge in [0.15, 0.2) is 5.96 Å². The molecule has 1 saturated heterocycles. The molecule has 2 atom stereocenters. The highest BCUT2D eigenvalue weighted by atomic mass is 127. The van der Waals surface area contributed by atoms with Gasteiger partial charge in [-0.1, -0.05) is 38.1 Å². The van der Waals surface area contributed by atoms with Gasteiger partial charge in [-0.05, 0) is 30.4 Å². The van der Waals surface area contributed by atoms with Gasteiger partial charge in [-0.2, -0.15) is 0 Å². The highest BCUT2D eigenvalue weighted by Gasteiger charge is 2.36. The van der Waals surface area contributed by atoms with E-state index in [9.17, 15) is 4.79 Å². The van der Waals surface area contributed by atoms with Crippen LogP contribution in [0.5, 0.6) is 0 Å². The second-order valence-corrected chi connectivity index (χ2v) is 7.00. The number of carbonyl (C=O) groups excluding carboxylic acids is 1. The van der Waals surface area contributed by atoms with Gasteiger partial charge in [0.2, 0.25) is 0 Å². The van der Waals surface area contributed by atoms with Gasteiger partial charge in [0.25, 0.3) is 0 Å². The quantitative estimate of drug-likeness (QED) is 0.194. The molecule has 1 aromatic carbocycles. The van der Waals surface area contributed by atoms with Crippen molar-refractivity contribution >= 4 is 35.9 Å². The first-order valence-electron chi connectivity index (χ1n) is 9.86. The van der Waals surface area contributed by atoms with E-state index in [-0.39, 0.29) is 41.8 Å². The standard InChI is InChI=1S/C21H33N3O3.HI/c1-5-11-27-15-18-10-8-7-9-17(18)12-23-21(22-6-2)24-13-16(3)19(14-24)20(25)26-4;/h7-10,16,19H,5-6,11-15H2,1-4H3,(H,22,23);1H. The summed E-state index contributed by atoms with van der Waals surface area (Å²) in [7, 11) is 1.45. The Kier molecular flexibility index (Phi) is 11.4. The fourth-order valence-corrected chi connectivity index (χ4v) is 3.36. The SMILES string of the molecule is CCCOCc1ccccc1CN=C(NCC)N1CC(C)C(C(=O)OC)C1.I. The van der Waals surface area contributed by atoms with Crippen LogP contribution in [0.4, 0.5) is 0 Å². The summed E-state index contributed by atoms with van der Waals surface area (Å²) in [5, 5.41) is 3.36. The molecule has 7 heteroatoms. The third-order valence-corrected chi connectivity index (χ3v) is 4.87. The van der Waals surface area contributed by atoms with Crippen molar-refractivity contribution in [3.63, 3.8) is 0 Å². The smallest absolute Gasteiger partial charge is 0.310 e. The fourth-order valence-electron chi connectivity index (χ4n) is 3.36. The lowest BCUT2D eigenvalue weighted by Crippen LogP contribution is -2.40. The number of benzene rings is 1. The molecule has 1 fully saturated rings. The molecule has 0 radical (unpaired) electrons. The zero-order valence-corrected chi connectivity index (χ0v) is 19.8. The summed E-state index contributed by atoms with van der Waals surface area (Å²) in [6, 6.07) is 8.26. The monoisotopic (exact) mass is 503 g/mol. The number of aliphatic imine (C=N–C) groups is 1. The topological polar surface area (TPSA) is 63.2 Å². The second kappa shape index (κ2) is 13.0. The van der Waals surface area contributed by atoms with Crippen LogP contribution in [0.1, 0.15) is 38.3 Å². The molecule has 1 N–H and O–H groups in total. The predicted octanol–water partition coefficient (Wildman–Crippen LogP) is 3.44. The van der Waals surface area contributed by atoms with E-state index in [1.807, 2.05) is 12.1 Å². The first-order chi connectivity index (χ1) is 13.1. The van der Waals surface area contributed by atoms with Crippen molar-refractivity contribution in [3.05, 3.63) is 35.4 Å². The van der Waals surface area contributed by atoms with E-state index >= 15 is 0 Å². The maximum absolute atomic E-state index is 12.0. The lowest BCUT2D eigenvalue weighted by molar-refractivity contribution is -0.145. The number of nitrogens with zero attached hydrogens (tertiary/aromatic N) is 2. The van der Waals surface area contributed by atoms with Crippen molar-refractivity contribution in [2.75, 3.05) is 33.4 Å². The number of carbonyl (C=O) groups is 1. The third kappa shape index (κ3) is 6.92. The summed E-state index contributed by atoms with van der Waals surface area (Å²) < 4.78 is 10.6. The molecule has 1 heterocycles. The molecule has 1 aromatic rings. The second-order valence-electron chi connectivity index (χ2n) is 7.00. The minimum absolute atomic E-state index is 0. The molecule has 0 saturated carbocycles. The molecular formula is C21H34IN3O3. The molecule has 158 valence electrons. The average molecular weight is 503 g/mol. The molecule has 1 aliphatic rings. The van der Waals surface area contributed by atoms with Crippen LogP contribution < -0.4 is 5.32 Å². The molecule has 2 unspecified atom stereocenters. The zero-order chi connectivity index (χ0) is 19.6. The lowest BCUT2D eigenvalue weighted by Gasteiger charge is -2.21.